The van der Waals surface area contributed by atoms with E-state index in [4.69, 9.17) is 0 Å². The van der Waals surface area contributed by atoms with E-state index in [1.54, 1.807) is 30.5 Å². The Morgan fingerprint density at radius 3 is 2.58 bits per heavy atom. The standard InChI is InChI=1S/C9H8O2S/c1-12(11)6-8(10)7-4-2-3-5-9(7)12/h2-6H,1H3. The maximum atomic E-state index is 11.7. The highest BCUT2D eigenvalue weighted by atomic mass is 32.2. The molecule has 0 spiro atoms. The number of fused-ring (bicyclic) bond motifs is 1. The predicted molar refractivity (Wildman–Crippen MR) is 49.2 cm³/mol. The molecular formula is C9H8O2S. The SMILES string of the molecule is CS1(=O)=CC(=O)c2ccccc21. The number of rotatable bonds is 0. The minimum Gasteiger partial charge on any atom is -0.289 e. The van der Waals surface area contributed by atoms with Crippen molar-refractivity contribution in [2.75, 3.05) is 6.26 Å². The lowest BCUT2D eigenvalue weighted by molar-refractivity contribution is 0.107. The molecule has 0 radical (unpaired) electrons. The Balaban J connectivity index is 2.87. The number of hydrogen-bond donors (Lipinski definition) is 0. The second-order valence-electron chi connectivity index (χ2n) is 2.88. The molecule has 1 aliphatic rings. The van der Waals surface area contributed by atoms with Gasteiger partial charge in [-0.1, -0.05) is 12.1 Å². The second-order valence-corrected chi connectivity index (χ2v) is 5.37. The van der Waals surface area contributed by atoms with Gasteiger partial charge in [0.15, 0.2) is 5.78 Å². The van der Waals surface area contributed by atoms with Crippen molar-refractivity contribution in [3.8, 4) is 0 Å². The first kappa shape index (κ1) is 7.55. The van der Waals surface area contributed by atoms with Crippen LogP contribution in [0.5, 0.6) is 0 Å². The molecule has 0 fully saturated rings. The van der Waals surface area contributed by atoms with Gasteiger partial charge in [0, 0.05) is 31.6 Å². The molecule has 0 amide bonds. The van der Waals surface area contributed by atoms with Gasteiger partial charge in [-0.2, -0.15) is 0 Å². The number of carbonyl (C=O) groups is 1. The van der Waals surface area contributed by atoms with E-state index in [0.717, 1.165) is 0 Å². The van der Waals surface area contributed by atoms with Crippen molar-refractivity contribution >= 4 is 20.7 Å². The average molecular weight is 180 g/mol. The number of carbonyl (C=O) groups excluding carboxylic acids is 1. The van der Waals surface area contributed by atoms with Gasteiger partial charge < -0.3 is 0 Å². The molecule has 1 unspecified atom stereocenters. The molecule has 0 N–H and O–H groups in total. The minimum atomic E-state index is -2.18. The van der Waals surface area contributed by atoms with E-state index >= 15 is 0 Å². The van der Waals surface area contributed by atoms with Crippen molar-refractivity contribution in [3.63, 3.8) is 0 Å². The average Bonchev–Trinajstić information content (AvgIpc) is 2.25. The molecule has 2 nitrogen and oxygen atoms in total. The second kappa shape index (κ2) is 2.20. The van der Waals surface area contributed by atoms with Gasteiger partial charge in [-0.05, 0) is 12.1 Å². The van der Waals surface area contributed by atoms with Gasteiger partial charge in [0.2, 0.25) is 0 Å². The van der Waals surface area contributed by atoms with E-state index in [0.29, 0.717) is 10.5 Å². The quantitative estimate of drug-likeness (QED) is 0.557. The highest BCUT2D eigenvalue weighted by Crippen LogP contribution is 2.21. The largest absolute Gasteiger partial charge is 0.289 e. The van der Waals surface area contributed by atoms with Crippen LogP contribution in [0, 0.1) is 0 Å². The Labute approximate surface area is 71.2 Å². The van der Waals surface area contributed by atoms with Crippen LogP contribution in [0.4, 0.5) is 0 Å². The van der Waals surface area contributed by atoms with Crippen LogP contribution >= 0.6 is 0 Å². The third-order valence-electron chi connectivity index (χ3n) is 1.92. The Bertz CT molecular complexity index is 465. The fourth-order valence-corrected chi connectivity index (χ4v) is 2.97. The summed E-state index contributed by atoms with van der Waals surface area (Å²) in [7, 11) is -2.18. The summed E-state index contributed by atoms with van der Waals surface area (Å²) in [4.78, 5) is 11.9. The Morgan fingerprint density at radius 1 is 1.25 bits per heavy atom. The van der Waals surface area contributed by atoms with E-state index in [-0.39, 0.29) is 5.78 Å². The summed E-state index contributed by atoms with van der Waals surface area (Å²) in [5.41, 5.74) is 0.588. The van der Waals surface area contributed by atoms with Crippen molar-refractivity contribution in [2.24, 2.45) is 0 Å². The van der Waals surface area contributed by atoms with E-state index in [9.17, 15) is 9.00 Å². The van der Waals surface area contributed by atoms with Crippen molar-refractivity contribution in [2.45, 2.75) is 4.90 Å². The van der Waals surface area contributed by atoms with Crippen LogP contribution < -0.4 is 0 Å². The van der Waals surface area contributed by atoms with Gasteiger partial charge >= 0.3 is 0 Å². The summed E-state index contributed by atoms with van der Waals surface area (Å²) in [6, 6.07) is 7.04. The van der Waals surface area contributed by atoms with Crippen LogP contribution in [-0.4, -0.2) is 21.6 Å². The van der Waals surface area contributed by atoms with Gasteiger partial charge in [-0.15, -0.1) is 0 Å². The van der Waals surface area contributed by atoms with Crippen LogP contribution in [0.3, 0.4) is 0 Å². The lowest BCUT2D eigenvalue weighted by atomic mass is 10.2. The third kappa shape index (κ3) is 0.898. The van der Waals surface area contributed by atoms with Crippen LogP contribution in [0.1, 0.15) is 10.4 Å². The molecule has 62 valence electrons. The normalized spacial score (nSPS) is 26.6. The summed E-state index contributed by atoms with van der Waals surface area (Å²) >= 11 is 0. The summed E-state index contributed by atoms with van der Waals surface area (Å²) in [5.74, 6) is -0.113. The molecule has 1 aliphatic heterocycles. The Morgan fingerprint density at radius 2 is 1.92 bits per heavy atom. The highest BCUT2D eigenvalue weighted by molar-refractivity contribution is 8.02. The number of ketones is 1. The van der Waals surface area contributed by atoms with E-state index < -0.39 is 9.52 Å². The summed E-state index contributed by atoms with van der Waals surface area (Å²) < 4.78 is 11.7. The van der Waals surface area contributed by atoms with Crippen LogP contribution in [0.15, 0.2) is 29.2 Å². The predicted octanol–water partition coefficient (Wildman–Crippen LogP) is 0.958. The smallest absolute Gasteiger partial charge is 0.195 e. The lowest BCUT2D eigenvalue weighted by Gasteiger charge is -1.98. The molecule has 0 aromatic heterocycles. The molecule has 0 bridgehead atoms. The van der Waals surface area contributed by atoms with Crippen molar-refractivity contribution in [1.82, 2.24) is 0 Å². The molecule has 0 aliphatic carbocycles. The highest BCUT2D eigenvalue weighted by Gasteiger charge is 2.22. The Hall–Kier alpha value is -1.09. The summed E-state index contributed by atoms with van der Waals surface area (Å²) in [6.45, 7) is 0. The number of Topliss-reactive ketones (excluding diaryl/α,β-unsaturated/α-hetero) is 1. The molecule has 1 heterocycles. The summed E-state index contributed by atoms with van der Waals surface area (Å²) in [6.07, 6.45) is 1.59. The zero-order valence-corrected chi connectivity index (χ0v) is 7.43. The number of benzene rings is 1. The van der Waals surface area contributed by atoms with Gasteiger partial charge in [0.25, 0.3) is 0 Å². The first-order chi connectivity index (χ1) is 5.61. The fourth-order valence-electron chi connectivity index (χ4n) is 1.35. The minimum absolute atomic E-state index is 0.113. The first-order valence-electron chi connectivity index (χ1n) is 3.58. The topological polar surface area (TPSA) is 34.1 Å². The van der Waals surface area contributed by atoms with Gasteiger partial charge in [-0.25, -0.2) is 0 Å². The zero-order chi connectivity index (χ0) is 8.77. The fraction of sp³-hybridized carbons (Fsp3) is 0.111. The van der Waals surface area contributed by atoms with Gasteiger partial charge in [-0.3, -0.25) is 9.00 Å². The van der Waals surface area contributed by atoms with Crippen LogP contribution in [-0.2, 0) is 9.52 Å². The lowest BCUT2D eigenvalue weighted by Crippen LogP contribution is -1.96. The van der Waals surface area contributed by atoms with Crippen molar-refractivity contribution in [1.29, 1.82) is 0 Å². The van der Waals surface area contributed by atoms with E-state index in [2.05, 4.69) is 0 Å². The first-order valence-corrected chi connectivity index (χ1v) is 5.61. The van der Waals surface area contributed by atoms with E-state index in [1.165, 1.54) is 5.37 Å². The maximum absolute atomic E-state index is 11.7. The molecule has 0 saturated heterocycles. The molecule has 3 heteroatoms. The molecule has 2 rings (SSSR count). The van der Waals surface area contributed by atoms with E-state index in [1.807, 2.05) is 0 Å². The monoisotopic (exact) mass is 180 g/mol. The molecule has 1 aromatic carbocycles. The van der Waals surface area contributed by atoms with Gasteiger partial charge in [0.05, 0.1) is 0 Å². The third-order valence-corrected chi connectivity index (χ3v) is 3.81. The molecular weight excluding hydrogens is 172 g/mol. The molecule has 0 saturated carbocycles. The van der Waals surface area contributed by atoms with Crippen LogP contribution in [0.25, 0.3) is 0 Å². The van der Waals surface area contributed by atoms with Crippen molar-refractivity contribution in [3.05, 3.63) is 29.8 Å². The maximum Gasteiger partial charge on any atom is 0.195 e. The molecule has 1 aromatic rings. The van der Waals surface area contributed by atoms with Crippen LogP contribution in [0.2, 0.25) is 0 Å². The van der Waals surface area contributed by atoms with Crippen molar-refractivity contribution < 1.29 is 9.00 Å². The Kier molecular flexibility index (Phi) is 1.38. The zero-order valence-electron chi connectivity index (χ0n) is 6.61. The molecule has 1 atom stereocenters. The number of hydrogen-bond acceptors (Lipinski definition) is 2. The summed E-state index contributed by atoms with van der Waals surface area (Å²) in [5, 5.41) is 1.32. The molecule has 12 heavy (non-hydrogen) atoms. The van der Waals surface area contributed by atoms with Gasteiger partial charge in [0.1, 0.15) is 0 Å².